The molecule has 0 saturated heterocycles. The minimum Gasteiger partial charge on any atom is -0.481 e. The van der Waals surface area contributed by atoms with Crippen LogP contribution in [0.1, 0.15) is 95.2 Å². The first-order valence-corrected chi connectivity index (χ1v) is 32.0. The molecule has 3 N–H and O–H groups in total. The van der Waals surface area contributed by atoms with Gasteiger partial charge in [-0.15, -0.1) is 0 Å². The highest BCUT2D eigenvalue weighted by Gasteiger charge is 2.32. The molecule has 16 nitrogen and oxygen atoms in total. The molecule has 0 spiro atoms. The number of aromatic nitrogens is 6. The maximum Gasteiger partial charge on any atom is 0.309 e. The molecule has 0 atom stereocenters. The molecule has 2 aliphatic carbocycles. The predicted octanol–water partition coefficient (Wildman–Crippen LogP) is 13.8. The van der Waals surface area contributed by atoms with Gasteiger partial charge in [-0.1, -0.05) is 54.9 Å². The van der Waals surface area contributed by atoms with Crippen LogP contribution < -0.4 is 20.5 Å². The lowest BCUT2D eigenvalue weighted by Crippen LogP contribution is -2.36. The first-order chi connectivity index (χ1) is 41.0. The molecule has 10 rings (SSSR count). The van der Waals surface area contributed by atoms with Crippen molar-refractivity contribution in [2.75, 3.05) is 47.7 Å². The SMILES string of the molecule is C.CN(C)C1CCC(N)CC1.COc1nc(CS(=O)(=O)c2ccccc2Cl)ccc1-c1cc(C(C)(F)F)c2nc(F)ncc2c1.COc1nc(CS(=O)(=O)c2ccccc2Cl)ccc1-c1cc(C(C)(F)F)c2nc(NC3CCC(N(C)C)CC3)ncc2c1. The molecule has 0 aliphatic heterocycles. The summed E-state index contributed by atoms with van der Waals surface area (Å²) in [5.74, 6) is -6.93. The average molecular weight is 1300 g/mol. The van der Waals surface area contributed by atoms with Crippen molar-refractivity contribution in [3.05, 3.63) is 148 Å². The van der Waals surface area contributed by atoms with E-state index in [0.717, 1.165) is 44.8 Å². The molecular weight excluding hydrogens is 1220 g/mol. The Hall–Kier alpha value is -6.73. The Labute approximate surface area is 521 Å². The van der Waals surface area contributed by atoms with Crippen LogP contribution in [0.15, 0.2) is 119 Å². The van der Waals surface area contributed by atoms with E-state index in [-0.39, 0.29) is 78.4 Å². The second-order valence-corrected chi connectivity index (χ2v) is 27.0. The Bertz CT molecular complexity index is 3980. The number of nitrogens with zero attached hydrogens (tertiary/aromatic N) is 8. The zero-order chi connectivity index (χ0) is 63.2. The number of halogens is 7. The summed E-state index contributed by atoms with van der Waals surface area (Å²) in [6.07, 6.45) is 10.5. The number of alkyl halides is 4. The summed E-state index contributed by atoms with van der Waals surface area (Å²) in [4.78, 5) is 29.1. The van der Waals surface area contributed by atoms with Crippen LogP contribution in [0, 0.1) is 6.08 Å². The number of anilines is 1. The van der Waals surface area contributed by atoms with Crippen molar-refractivity contribution in [1.29, 1.82) is 0 Å². The van der Waals surface area contributed by atoms with E-state index in [1.807, 2.05) is 0 Å². The standard InChI is InChI=1S/C31H34ClF2N5O3S.C23H17ClF3N3O3S.C8H18N2.CH4/c1-31(33,34)25-16-19(15-20-17-35-30(38-28(20)25)37-21-9-12-23(13-10-21)39(2)3)24-14-11-22(36-29(24)42-4)18-43(40,41)27-8-6-5-7-26(27)32;1-23(26,27)17-10-13(9-14-11-28-22(25)30-20(14)17)16-8-7-15(29-21(16)33-2)12-34(31,32)19-6-4-3-5-18(19)24;1-10(2)8-5-3-7(9)4-6-8;/h5-8,11,14-17,21,23H,9-10,12-13,18H2,1-4H3,(H,35,37,38);3-11H,12H2,1-2H3;7-8H,3-6,9H2,1-2H3;1H4. The highest BCUT2D eigenvalue weighted by atomic mass is 35.5. The van der Waals surface area contributed by atoms with Crippen molar-refractivity contribution >= 4 is 70.6 Å². The summed E-state index contributed by atoms with van der Waals surface area (Å²) in [5.41, 5.74) is 6.84. The monoisotopic (exact) mass is 1290 g/mol. The van der Waals surface area contributed by atoms with Crippen molar-refractivity contribution in [3.8, 4) is 34.0 Å². The lowest BCUT2D eigenvalue weighted by Gasteiger charge is -2.33. The quantitative estimate of drug-likeness (QED) is 0.0681. The fourth-order valence-corrected chi connectivity index (χ4v) is 14.4. The predicted molar refractivity (Wildman–Crippen MR) is 336 cm³/mol. The van der Waals surface area contributed by atoms with Gasteiger partial charge >= 0.3 is 6.08 Å². The number of rotatable bonds is 16. The number of hydrogen-bond acceptors (Lipinski definition) is 16. The summed E-state index contributed by atoms with van der Waals surface area (Å²) < 4.78 is 135. The van der Waals surface area contributed by atoms with E-state index in [0.29, 0.717) is 52.6 Å². The van der Waals surface area contributed by atoms with Gasteiger partial charge in [-0.2, -0.15) is 4.39 Å². The van der Waals surface area contributed by atoms with Gasteiger partial charge in [-0.25, -0.2) is 64.3 Å². The number of fused-ring (bicyclic) bond motifs is 2. The molecular formula is C63H73Cl2F5N10O6S2. The molecule has 0 radical (unpaired) electrons. The molecule has 4 aromatic heterocycles. The van der Waals surface area contributed by atoms with Crippen LogP contribution in [0.25, 0.3) is 44.1 Å². The van der Waals surface area contributed by atoms with Gasteiger partial charge in [0.25, 0.3) is 11.8 Å². The number of pyridine rings is 2. The Morgan fingerprint density at radius 3 is 1.41 bits per heavy atom. The van der Waals surface area contributed by atoms with Crippen molar-refractivity contribution < 1.29 is 48.3 Å². The van der Waals surface area contributed by atoms with E-state index in [4.69, 9.17) is 38.4 Å². The number of benzene rings is 4. The second kappa shape index (κ2) is 28.8. The van der Waals surface area contributed by atoms with E-state index in [9.17, 15) is 30.0 Å². The van der Waals surface area contributed by atoms with E-state index in [1.54, 1.807) is 42.6 Å². The van der Waals surface area contributed by atoms with Crippen LogP contribution in [0.2, 0.25) is 10.0 Å². The summed E-state index contributed by atoms with van der Waals surface area (Å²) in [5, 5.41) is 4.18. The van der Waals surface area contributed by atoms with E-state index in [2.05, 4.69) is 73.2 Å². The van der Waals surface area contributed by atoms with Crippen molar-refractivity contribution in [2.24, 2.45) is 5.73 Å². The van der Waals surface area contributed by atoms with E-state index in [1.165, 1.54) is 101 Å². The maximum absolute atomic E-state index is 15.0. The van der Waals surface area contributed by atoms with Crippen molar-refractivity contribution in [1.82, 2.24) is 39.7 Å². The number of nitrogens with one attached hydrogen (secondary N) is 1. The smallest absolute Gasteiger partial charge is 0.309 e. The summed E-state index contributed by atoms with van der Waals surface area (Å²) in [6, 6.07) is 26.1. The van der Waals surface area contributed by atoms with Crippen LogP contribution in [0.4, 0.5) is 27.9 Å². The molecule has 8 aromatic rings. The molecule has 2 fully saturated rings. The van der Waals surface area contributed by atoms with Gasteiger partial charge in [0.2, 0.25) is 17.7 Å². The average Bonchev–Trinajstić information content (AvgIpc) is 0.950. The zero-order valence-corrected chi connectivity index (χ0v) is 52.5. The van der Waals surface area contributed by atoms with Crippen LogP contribution >= 0.6 is 23.2 Å². The van der Waals surface area contributed by atoms with Gasteiger partial charge in [-0.05, 0) is 163 Å². The molecule has 25 heteroatoms. The molecule has 0 unspecified atom stereocenters. The third-order valence-corrected chi connectivity index (χ3v) is 19.7. The first kappa shape index (κ1) is 68.8. The Kier molecular flexibility index (Phi) is 22.5. The van der Waals surface area contributed by atoms with Crippen LogP contribution in [-0.2, 0) is 43.0 Å². The van der Waals surface area contributed by atoms with E-state index < -0.39 is 54.7 Å². The van der Waals surface area contributed by atoms with Crippen molar-refractivity contribution in [3.63, 3.8) is 0 Å². The second-order valence-electron chi connectivity index (χ2n) is 22.3. The minimum atomic E-state index is -3.81. The Morgan fingerprint density at radius 2 is 1.00 bits per heavy atom. The minimum absolute atomic E-state index is 0. The summed E-state index contributed by atoms with van der Waals surface area (Å²) >= 11 is 12.1. The van der Waals surface area contributed by atoms with Crippen LogP contribution in [0.5, 0.6) is 11.8 Å². The Balaban J connectivity index is 0.000000218. The normalized spacial score (nSPS) is 17.3. The molecule has 4 aromatic carbocycles. The number of sulfone groups is 2. The van der Waals surface area contributed by atoms with Gasteiger partial charge in [0, 0.05) is 83.4 Å². The first-order valence-electron chi connectivity index (χ1n) is 28.0. The van der Waals surface area contributed by atoms with Gasteiger partial charge < -0.3 is 30.3 Å². The molecule has 0 bridgehead atoms. The molecule has 472 valence electrons. The lowest BCUT2D eigenvalue weighted by molar-refractivity contribution is 0.0182. The number of ether oxygens (including phenoxy) is 2. The van der Waals surface area contributed by atoms with Gasteiger partial charge in [0.1, 0.15) is 0 Å². The van der Waals surface area contributed by atoms with Crippen molar-refractivity contribution in [2.45, 2.75) is 130 Å². The summed E-state index contributed by atoms with van der Waals surface area (Å²) in [7, 11) is 3.59. The fourth-order valence-electron chi connectivity index (χ4n) is 10.7. The topological polar surface area (TPSA) is 209 Å². The van der Waals surface area contributed by atoms with Crippen LogP contribution in [-0.4, -0.2) is 123 Å². The van der Waals surface area contributed by atoms with Gasteiger partial charge in [0.05, 0.1) is 68.0 Å². The Morgan fingerprint density at radius 1 is 0.591 bits per heavy atom. The number of hydrogen-bond donors (Lipinski definition) is 2. The third kappa shape index (κ3) is 16.9. The van der Waals surface area contributed by atoms with Gasteiger partial charge in [0.15, 0.2) is 19.7 Å². The largest absolute Gasteiger partial charge is 0.481 e. The highest BCUT2D eigenvalue weighted by Crippen LogP contribution is 2.41. The van der Waals surface area contributed by atoms with E-state index >= 15 is 8.78 Å². The number of methoxy groups -OCH3 is 2. The zero-order valence-electron chi connectivity index (χ0n) is 49.3. The molecule has 2 aliphatic rings. The molecule has 4 heterocycles. The molecule has 2 saturated carbocycles. The maximum atomic E-state index is 15.0. The lowest BCUT2D eigenvalue weighted by atomic mass is 9.90. The molecule has 88 heavy (non-hydrogen) atoms. The number of nitrogens with two attached hydrogens (primary N) is 1. The van der Waals surface area contributed by atoms with Gasteiger partial charge in [-0.3, -0.25) is 0 Å². The highest BCUT2D eigenvalue weighted by molar-refractivity contribution is 7.91. The third-order valence-electron chi connectivity index (χ3n) is 15.4. The molecule has 0 amide bonds. The fraction of sp³-hybridized carbons (Fsp3) is 0.397. The van der Waals surface area contributed by atoms with Crippen LogP contribution in [0.3, 0.4) is 0 Å². The summed E-state index contributed by atoms with van der Waals surface area (Å²) in [6.45, 7) is 1.52.